The first-order valence-electron chi connectivity index (χ1n) is 11.7. The summed E-state index contributed by atoms with van der Waals surface area (Å²) in [5.41, 5.74) is 3.68. The maximum Gasteiger partial charge on any atom is 0.266 e. The molecule has 6 rings (SSSR count). The van der Waals surface area contributed by atoms with Gasteiger partial charge in [0.1, 0.15) is 10.0 Å². The highest BCUT2D eigenvalue weighted by molar-refractivity contribution is 8.26. The van der Waals surface area contributed by atoms with Crippen molar-refractivity contribution in [2.75, 3.05) is 7.11 Å². The Kier molecular flexibility index (Phi) is 6.53. The van der Waals surface area contributed by atoms with Crippen LogP contribution in [0.25, 0.3) is 34.2 Å². The SMILES string of the molecule is COc1cccc2cc(-c3nn(-c4ccccc4)cc3/C=C3\SC(=S)N(Cc4ccccc4Cl)C3=O)oc12. The first-order valence-corrected chi connectivity index (χ1v) is 13.3. The van der Waals surface area contributed by atoms with Crippen LogP contribution in [0.15, 0.2) is 94.4 Å². The van der Waals surface area contributed by atoms with Gasteiger partial charge in [-0.25, -0.2) is 4.68 Å². The van der Waals surface area contributed by atoms with Crippen LogP contribution in [0.2, 0.25) is 5.02 Å². The van der Waals surface area contributed by atoms with Gasteiger partial charge >= 0.3 is 0 Å². The third-order valence-corrected chi connectivity index (χ3v) is 7.92. The number of ether oxygens (including phenoxy) is 1. The molecule has 9 heteroatoms. The molecule has 1 aliphatic rings. The van der Waals surface area contributed by atoms with E-state index >= 15 is 0 Å². The number of hydrogen-bond acceptors (Lipinski definition) is 6. The summed E-state index contributed by atoms with van der Waals surface area (Å²) >= 11 is 13.2. The summed E-state index contributed by atoms with van der Waals surface area (Å²) in [4.78, 5) is 15.5. The van der Waals surface area contributed by atoms with Crippen LogP contribution in [-0.2, 0) is 11.3 Å². The number of benzene rings is 3. The average Bonchev–Trinajstić information content (AvgIpc) is 3.62. The van der Waals surface area contributed by atoms with Crippen molar-refractivity contribution in [1.29, 1.82) is 0 Å². The smallest absolute Gasteiger partial charge is 0.266 e. The van der Waals surface area contributed by atoms with E-state index in [1.807, 2.05) is 85.1 Å². The van der Waals surface area contributed by atoms with Crippen LogP contribution in [0, 0.1) is 0 Å². The standard InChI is InChI=1S/C29H20ClN3O3S2/c1-35-23-13-7-9-18-14-24(36-27(18)23)26-20(17-33(31-26)21-10-3-2-4-11-21)15-25-28(34)32(29(37)38-25)16-19-8-5-6-12-22(19)30/h2-15,17H,16H2,1H3/b25-15-. The summed E-state index contributed by atoms with van der Waals surface area (Å²) in [7, 11) is 1.61. The van der Waals surface area contributed by atoms with Gasteiger partial charge in [-0.3, -0.25) is 9.69 Å². The zero-order valence-electron chi connectivity index (χ0n) is 20.1. The predicted molar refractivity (Wildman–Crippen MR) is 155 cm³/mol. The molecule has 0 bridgehead atoms. The molecule has 1 aliphatic heterocycles. The monoisotopic (exact) mass is 557 g/mol. The summed E-state index contributed by atoms with van der Waals surface area (Å²) < 4.78 is 13.9. The minimum Gasteiger partial charge on any atom is -0.493 e. The fraction of sp³-hybridized carbons (Fsp3) is 0.0690. The number of aromatic nitrogens is 2. The fourth-order valence-electron chi connectivity index (χ4n) is 4.29. The molecule has 6 nitrogen and oxygen atoms in total. The van der Waals surface area contributed by atoms with Gasteiger partial charge in [0.05, 0.1) is 24.2 Å². The Morgan fingerprint density at radius 3 is 2.66 bits per heavy atom. The van der Waals surface area contributed by atoms with Gasteiger partial charge in [0, 0.05) is 22.2 Å². The van der Waals surface area contributed by atoms with Crippen molar-refractivity contribution in [1.82, 2.24) is 14.7 Å². The second-order valence-corrected chi connectivity index (χ2v) is 10.6. The quantitative estimate of drug-likeness (QED) is 0.161. The van der Waals surface area contributed by atoms with Crippen LogP contribution in [0.3, 0.4) is 0 Å². The number of halogens is 1. The van der Waals surface area contributed by atoms with Gasteiger partial charge in [-0.2, -0.15) is 5.10 Å². The van der Waals surface area contributed by atoms with Crippen LogP contribution in [0.4, 0.5) is 0 Å². The minimum absolute atomic E-state index is 0.176. The van der Waals surface area contributed by atoms with Crippen molar-refractivity contribution in [3.05, 3.63) is 106 Å². The molecule has 0 unspecified atom stereocenters. The highest BCUT2D eigenvalue weighted by Gasteiger charge is 2.33. The van der Waals surface area contributed by atoms with Gasteiger partial charge in [-0.05, 0) is 42.0 Å². The minimum atomic E-state index is -0.176. The molecule has 3 heterocycles. The first-order chi connectivity index (χ1) is 18.5. The molecule has 1 amide bonds. The van der Waals surface area contributed by atoms with Gasteiger partial charge in [-0.15, -0.1) is 0 Å². The maximum absolute atomic E-state index is 13.4. The number of carbonyl (C=O) groups is 1. The predicted octanol–water partition coefficient (Wildman–Crippen LogP) is 7.35. The number of hydrogen-bond donors (Lipinski definition) is 0. The Balaban J connectivity index is 1.42. The maximum atomic E-state index is 13.4. The van der Waals surface area contributed by atoms with Crippen molar-refractivity contribution < 1.29 is 13.9 Å². The molecule has 0 saturated carbocycles. The lowest BCUT2D eigenvalue weighted by molar-refractivity contribution is -0.122. The number of para-hydroxylation sites is 2. The number of thioether (sulfide) groups is 1. The van der Waals surface area contributed by atoms with E-state index in [-0.39, 0.29) is 5.91 Å². The Morgan fingerprint density at radius 2 is 1.87 bits per heavy atom. The highest BCUT2D eigenvalue weighted by atomic mass is 35.5. The number of carbonyl (C=O) groups excluding carboxylic acids is 1. The summed E-state index contributed by atoms with van der Waals surface area (Å²) in [6, 6.07) is 24.9. The lowest BCUT2D eigenvalue weighted by Gasteiger charge is -2.15. The van der Waals surface area contributed by atoms with Crippen molar-refractivity contribution in [3.8, 4) is 22.9 Å². The Morgan fingerprint density at radius 1 is 1.08 bits per heavy atom. The van der Waals surface area contributed by atoms with E-state index in [1.54, 1.807) is 22.8 Å². The van der Waals surface area contributed by atoms with Gasteiger partial charge in [0.15, 0.2) is 17.1 Å². The molecular formula is C29H20ClN3O3S2. The van der Waals surface area contributed by atoms with E-state index < -0.39 is 0 Å². The van der Waals surface area contributed by atoms with Gasteiger partial charge in [-0.1, -0.05) is 84.1 Å². The van der Waals surface area contributed by atoms with Crippen LogP contribution < -0.4 is 4.74 Å². The number of furan rings is 1. The normalized spacial score (nSPS) is 14.7. The molecule has 38 heavy (non-hydrogen) atoms. The summed E-state index contributed by atoms with van der Waals surface area (Å²) in [6.07, 6.45) is 3.70. The molecule has 0 atom stereocenters. The topological polar surface area (TPSA) is 60.5 Å². The van der Waals surface area contributed by atoms with Crippen LogP contribution >= 0.6 is 35.6 Å². The van der Waals surface area contributed by atoms with Crippen molar-refractivity contribution in [2.45, 2.75) is 6.54 Å². The molecule has 0 aliphatic carbocycles. The number of methoxy groups -OCH3 is 1. The Bertz CT molecular complexity index is 1730. The second kappa shape index (κ2) is 10.1. The zero-order valence-corrected chi connectivity index (χ0v) is 22.5. The second-order valence-electron chi connectivity index (χ2n) is 8.56. The number of nitrogens with zero attached hydrogens (tertiary/aromatic N) is 3. The van der Waals surface area contributed by atoms with Crippen molar-refractivity contribution in [3.63, 3.8) is 0 Å². The van der Waals surface area contributed by atoms with Crippen LogP contribution in [0.5, 0.6) is 5.75 Å². The van der Waals surface area contributed by atoms with E-state index in [0.717, 1.165) is 22.2 Å². The van der Waals surface area contributed by atoms with E-state index in [4.69, 9.17) is 38.1 Å². The molecule has 0 N–H and O–H groups in total. The van der Waals surface area contributed by atoms with Crippen LogP contribution in [-0.4, -0.2) is 32.0 Å². The lowest BCUT2D eigenvalue weighted by Crippen LogP contribution is -2.27. The third kappa shape index (κ3) is 4.51. The Hall–Kier alpha value is -3.85. The molecule has 0 radical (unpaired) electrons. The molecule has 3 aromatic carbocycles. The molecule has 2 aromatic heterocycles. The largest absolute Gasteiger partial charge is 0.493 e. The first kappa shape index (κ1) is 24.5. The highest BCUT2D eigenvalue weighted by Crippen LogP contribution is 2.38. The van der Waals surface area contributed by atoms with Gasteiger partial charge in [0.2, 0.25) is 0 Å². The molecule has 5 aromatic rings. The van der Waals surface area contributed by atoms with Crippen molar-refractivity contribution >= 4 is 62.9 Å². The van der Waals surface area contributed by atoms with Crippen LogP contribution in [0.1, 0.15) is 11.1 Å². The summed E-state index contributed by atoms with van der Waals surface area (Å²) in [5, 5.41) is 6.33. The number of fused-ring (bicyclic) bond motifs is 1. The summed E-state index contributed by atoms with van der Waals surface area (Å²) in [5.74, 6) is 1.03. The van der Waals surface area contributed by atoms with E-state index in [2.05, 4.69) is 0 Å². The van der Waals surface area contributed by atoms with E-state index in [9.17, 15) is 4.79 Å². The zero-order chi connectivity index (χ0) is 26.2. The third-order valence-electron chi connectivity index (χ3n) is 6.17. The molecule has 0 spiro atoms. The van der Waals surface area contributed by atoms with Gasteiger partial charge < -0.3 is 9.15 Å². The molecule has 1 saturated heterocycles. The van der Waals surface area contributed by atoms with E-state index in [0.29, 0.717) is 43.6 Å². The number of thiocarbonyl (C=S) groups is 1. The Labute approximate surface area is 233 Å². The lowest BCUT2D eigenvalue weighted by atomic mass is 10.1. The molecular weight excluding hydrogens is 538 g/mol. The fourth-order valence-corrected chi connectivity index (χ4v) is 5.73. The number of amides is 1. The van der Waals surface area contributed by atoms with Gasteiger partial charge in [0.25, 0.3) is 5.91 Å². The van der Waals surface area contributed by atoms with Crippen molar-refractivity contribution in [2.24, 2.45) is 0 Å². The number of rotatable bonds is 6. The molecule has 1 fully saturated rings. The average molecular weight is 558 g/mol. The van der Waals surface area contributed by atoms with E-state index in [1.165, 1.54) is 11.8 Å². The summed E-state index contributed by atoms with van der Waals surface area (Å²) in [6.45, 7) is 0.307. The molecule has 188 valence electrons.